The number of benzene rings is 2. The number of halogens is 2. The predicted octanol–water partition coefficient (Wildman–Crippen LogP) is 4.67. The van der Waals surface area contributed by atoms with Gasteiger partial charge in [-0.15, -0.1) is 0 Å². The average molecular weight is 505 g/mol. The summed E-state index contributed by atoms with van der Waals surface area (Å²) in [4.78, 5) is 30.0. The van der Waals surface area contributed by atoms with Crippen molar-refractivity contribution >= 4 is 33.8 Å². The first-order valence-electron chi connectivity index (χ1n) is 8.81. The van der Waals surface area contributed by atoms with Crippen LogP contribution in [-0.4, -0.2) is 23.4 Å². The number of nitriles is 1. The molecular weight excluding hydrogens is 490 g/mol. The number of rotatable bonds is 9. The molecule has 0 radical (unpaired) electrons. The quantitative estimate of drug-likeness (QED) is 0.235. The van der Waals surface area contributed by atoms with Gasteiger partial charge in [0.25, 0.3) is 0 Å². The zero-order valence-electron chi connectivity index (χ0n) is 16.2. The number of carbonyl (C=O) groups is 1. The van der Waals surface area contributed by atoms with Gasteiger partial charge >= 0.3 is 6.01 Å². The van der Waals surface area contributed by atoms with E-state index in [9.17, 15) is 4.79 Å². The molecule has 3 rings (SSSR count). The molecular formula is C21H15BrClN3O5. The molecule has 158 valence electrons. The summed E-state index contributed by atoms with van der Waals surface area (Å²) in [5.41, 5.74) is 1.90. The number of hydrogen-bond acceptors (Lipinski definition) is 8. The Morgan fingerprint density at radius 1 is 1.16 bits per heavy atom. The molecule has 1 aromatic heterocycles. The van der Waals surface area contributed by atoms with E-state index in [1.54, 1.807) is 42.5 Å². The number of carbonyl (C=O) groups excluding carboxylic acids is 1. The van der Waals surface area contributed by atoms with E-state index >= 15 is 0 Å². The first-order valence-corrected chi connectivity index (χ1v) is 9.98. The Balaban J connectivity index is 1.76. The van der Waals surface area contributed by atoms with Gasteiger partial charge in [-0.2, -0.15) is 20.1 Å². The van der Waals surface area contributed by atoms with E-state index < -0.39 is 0 Å². The third-order valence-electron chi connectivity index (χ3n) is 3.98. The second-order valence-electron chi connectivity index (χ2n) is 6.01. The summed E-state index contributed by atoms with van der Waals surface area (Å²) in [6, 6.07) is 14.1. The Kier molecular flexibility index (Phi) is 7.78. The lowest BCUT2D eigenvalue weighted by Gasteiger charge is -2.12. The lowest BCUT2D eigenvalue weighted by molar-refractivity contribution is -0.224. The third-order valence-corrected chi connectivity index (χ3v) is 5.31. The predicted molar refractivity (Wildman–Crippen MR) is 114 cm³/mol. The highest BCUT2D eigenvalue weighted by atomic mass is 79.9. The summed E-state index contributed by atoms with van der Waals surface area (Å²) in [5.74, 6) is -0.0897. The lowest BCUT2D eigenvalue weighted by Crippen LogP contribution is -2.08. The van der Waals surface area contributed by atoms with Crippen molar-refractivity contribution in [2.45, 2.75) is 13.2 Å². The molecule has 0 N–H and O–H groups in total. The van der Waals surface area contributed by atoms with Crippen molar-refractivity contribution in [1.82, 2.24) is 9.97 Å². The summed E-state index contributed by atoms with van der Waals surface area (Å²) >= 11 is 9.53. The van der Waals surface area contributed by atoms with Crippen molar-refractivity contribution in [2.24, 2.45) is 0 Å². The van der Waals surface area contributed by atoms with Gasteiger partial charge in [0.05, 0.1) is 23.8 Å². The number of nitrogens with zero attached hydrogens (tertiary/aromatic N) is 3. The van der Waals surface area contributed by atoms with Gasteiger partial charge < -0.3 is 9.47 Å². The number of aldehydes is 1. The number of ether oxygens (including phenoxy) is 2. The Morgan fingerprint density at radius 3 is 2.68 bits per heavy atom. The molecule has 0 saturated carbocycles. The van der Waals surface area contributed by atoms with Crippen molar-refractivity contribution < 1.29 is 24.0 Å². The second-order valence-corrected chi connectivity index (χ2v) is 7.24. The Labute approximate surface area is 191 Å². The highest BCUT2D eigenvalue weighted by Gasteiger charge is 2.18. The first kappa shape index (κ1) is 22.5. The largest absolute Gasteiger partial charge is 0.480 e. The highest BCUT2D eigenvalue weighted by molar-refractivity contribution is 9.10. The van der Waals surface area contributed by atoms with Crippen LogP contribution in [0.15, 0.2) is 46.9 Å². The fourth-order valence-electron chi connectivity index (χ4n) is 2.50. The molecule has 2 aromatic carbocycles. The molecule has 0 spiro atoms. The summed E-state index contributed by atoms with van der Waals surface area (Å²) in [6.07, 6.45) is 0.520. The van der Waals surface area contributed by atoms with Crippen molar-refractivity contribution in [1.29, 1.82) is 5.26 Å². The third kappa shape index (κ3) is 5.70. The van der Waals surface area contributed by atoms with Crippen molar-refractivity contribution in [3.8, 4) is 23.8 Å². The minimum atomic E-state index is -0.214. The van der Waals surface area contributed by atoms with Gasteiger partial charge in [-0.05, 0) is 39.7 Å². The van der Waals surface area contributed by atoms with Crippen LogP contribution < -0.4 is 14.4 Å². The molecule has 3 aromatic rings. The maximum absolute atomic E-state index is 11.5. The zero-order chi connectivity index (χ0) is 22.2. The van der Waals surface area contributed by atoms with Gasteiger partial charge in [0.15, 0.2) is 6.29 Å². The topological polar surface area (TPSA) is 104 Å². The van der Waals surface area contributed by atoms with E-state index in [4.69, 9.17) is 36.1 Å². The Bertz CT molecular complexity index is 1140. The molecule has 0 amide bonds. The van der Waals surface area contributed by atoms with Gasteiger partial charge in [0.1, 0.15) is 18.8 Å². The molecule has 0 saturated heterocycles. The molecule has 0 bridgehead atoms. The standard InChI is InChI=1S/C21H15BrClN3O5/c1-28-19-16(10-27)20(29-11-14-5-2-4-13(8-14)9-24)26-21(25-19)31-30-12-15-6-3-7-17(22)18(15)23/h2-8,10H,11-12H2,1H3. The average Bonchev–Trinajstić information content (AvgIpc) is 2.80. The van der Waals surface area contributed by atoms with Crippen LogP contribution in [0.3, 0.4) is 0 Å². The number of methoxy groups -OCH3 is 1. The Morgan fingerprint density at radius 2 is 1.94 bits per heavy atom. The SMILES string of the molecule is COc1nc(OOCc2cccc(Br)c2Cl)nc(OCc2cccc(C#N)c2)c1C=O. The van der Waals surface area contributed by atoms with E-state index in [1.807, 2.05) is 0 Å². The van der Waals surface area contributed by atoms with Crippen molar-refractivity contribution in [3.05, 3.63) is 74.2 Å². The lowest BCUT2D eigenvalue weighted by atomic mass is 10.1. The van der Waals surface area contributed by atoms with Crippen LogP contribution in [0.25, 0.3) is 0 Å². The maximum atomic E-state index is 11.5. The summed E-state index contributed by atoms with van der Waals surface area (Å²) in [7, 11) is 1.35. The first-order chi connectivity index (χ1) is 15.0. The fraction of sp³-hybridized carbons (Fsp3) is 0.143. The maximum Gasteiger partial charge on any atom is 0.359 e. The smallest absolute Gasteiger partial charge is 0.359 e. The van der Waals surface area contributed by atoms with Crippen LogP contribution in [-0.2, 0) is 18.1 Å². The van der Waals surface area contributed by atoms with Crippen LogP contribution in [0.5, 0.6) is 17.8 Å². The summed E-state index contributed by atoms with van der Waals surface area (Å²) in [6.45, 7) is 0.0843. The van der Waals surface area contributed by atoms with E-state index in [0.29, 0.717) is 22.4 Å². The van der Waals surface area contributed by atoms with Gasteiger partial charge in [-0.25, -0.2) is 0 Å². The molecule has 0 atom stereocenters. The Hall–Kier alpha value is -3.19. The summed E-state index contributed by atoms with van der Waals surface area (Å²) < 4.78 is 11.5. The molecule has 1 heterocycles. The molecule has 0 aliphatic rings. The zero-order valence-corrected chi connectivity index (χ0v) is 18.5. The van der Waals surface area contributed by atoms with Crippen LogP contribution in [0.1, 0.15) is 27.0 Å². The van der Waals surface area contributed by atoms with Crippen LogP contribution >= 0.6 is 27.5 Å². The monoisotopic (exact) mass is 503 g/mol. The number of hydrogen-bond donors (Lipinski definition) is 0. The van der Waals surface area contributed by atoms with Crippen LogP contribution in [0, 0.1) is 11.3 Å². The molecule has 0 fully saturated rings. The van der Waals surface area contributed by atoms with Gasteiger partial charge in [-0.3, -0.25) is 9.68 Å². The van der Waals surface area contributed by atoms with Crippen LogP contribution in [0.2, 0.25) is 5.02 Å². The van der Waals surface area contributed by atoms with Crippen molar-refractivity contribution in [2.75, 3.05) is 7.11 Å². The summed E-state index contributed by atoms with van der Waals surface area (Å²) in [5, 5.41) is 9.51. The molecule has 31 heavy (non-hydrogen) atoms. The van der Waals surface area contributed by atoms with E-state index in [2.05, 4.69) is 32.0 Å². The normalized spacial score (nSPS) is 10.3. The second kappa shape index (κ2) is 10.7. The van der Waals surface area contributed by atoms with Crippen molar-refractivity contribution in [3.63, 3.8) is 0 Å². The van der Waals surface area contributed by atoms with Gasteiger partial charge in [0.2, 0.25) is 11.8 Å². The molecule has 8 nitrogen and oxygen atoms in total. The van der Waals surface area contributed by atoms with E-state index in [-0.39, 0.29) is 36.5 Å². The highest BCUT2D eigenvalue weighted by Crippen LogP contribution is 2.28. The van der Waals surface area contributed by atoms with Crippen LogP contribution in [0.4, 0.5) is 0 Å². The fourth-order valence-corrected chi connectivity index (χ4v) is 3.09. The minimum absolute atomic E-state index is 0.0151. The van der Waals surface area contributed by atoms with E-state index in [0.717, 1.165) is 10.0 Å². The molecule has 10 heteroatoms. The molecule has 0 aliphatic heterocycles. The van der Waals surface area contributed by atoms with Gasteiger partial charge in [-0.1, -0.05) is 35.9 Å². The van der Waals surface area contributed by atoms with E-state index in [1.165, 1.54) is 7.11 Å². The number of aromatic nitrogens is 2. The minimum Gasteiger partial charge on any atom is -0.480 e. The molecule has 0 aliphatic carbocycles. The van der Waals surface area contributed by atoms with Gasteiger partial charge in [0, 0.05) is 10.0 Å². The molecule has 0 unspecified atom stereocenters.